The summed E-state index contributed by atoms with van der Waals surface area (Å²) in [5.41, 5.74) is 0.510. The van der Waals surface area contributed by atoms with E-state index < -0.39 is 5.82 Å². The lowest BCUT2D eigenvalue weighted by atomic mass is 10.2. The Morgan fingerprint density at radius 1 is 1.38 bits per heavy atom. The van der Waals surface area contributed by atoms with Gasteiger partial charge in [-0.1, -0.05) is 28.9 Å². The predicted octanol–water partition coefficient (Wildman–Crippen LogP) is 2.15. The standard InChI is InChI=1S/C10H9ClFN3O/c11-8-3-1-2-7(10(8)12)4-13-5-9-14-6-16-15-9/h1-3,6,13H,4-5H2. The Morgan fingerprint density at radius 3 is 3.00 bits per heavy atom. The number of rotatable bonds is 4. The van der Waals surface area contributed by atoms with E-state index in [1.54, 1.807) is 12.1 Å². The van der Waals surface area contributed by atoms with E-state index in [9.17, 15) is 4.39 Å². The first-order valence-electron chi connectivity index (χ1n) is 4.66. The maximum Gasteiger partial charge on any atom is 0.213 e. The highest BCUT2D eigenvalue weighted by Gasteiger charge is 2.05. The molecule has 1 aromatic heterocycles. The molecule has 2 rings (SSSR count). The summed E-state index contributed by atoms with van der Waals surface area (Å²) in [4.78, 5) is 3.83. The monoisotopic (exact) mass is 241 g/mol. The summed E-state index contributed by atoms with van der Waals surface area (Å²) in [7, 11) is 0. The van der Waals surface area contributed by atoms with Crippen molar-refractivity contribution in [1.82, 2.24) is 15.5 Å². The molecule has 4 nitrogen and oxygen atoms in total. The largest absolute Gasteiger partial charge is 0.343 e. The molecule has 0 aliphatic rings. The van der Waals surface area contributed by atoms with E-state index in [1.165, 1.54) is 12.5 Å². The molecule has 16 heavy (non-hydrogen) atoms. The molecule has 1 N–H and O–H groups in total. The molecule has 0 radical (unpaired) electrons. The van der Waals surface area contributed by atoms with Crippen LogP contribution in [0.5, 0.6) is 0 Å². The molecule has 0 unspecified atom stereocenters. The van der Waals surface area contributed by atoms with Crippen molar-refractivity contribution in [3.05, 3.63) is 46.8 Å². The molecule has 1 heterocycles. The number of aromatic nitrogens is 2. The van der Waals surface area contributed by atoms with E-state index in [0.717, 1.165) is 0 Å². The molecule has 0 saturated carbocycles. The molecule has 0 aliphatic heterocycles. The average molecular weight is 242 g/mol. The highest BCUT2D eigenvalue weighted by Crippen LogP contribution is 2.17. The van der Waals surface area contributed by atoms with Crippen LogP contribution in [0.25, 0.3) is 0 Å². The van der Waals surface area contributed by atoms with Gasteiger partial charge in [0.25, 0.3) is 0 Å². The first kappa shape index (κ1) is 11.0. The Kier molecular flexibility index (Phi) is 3.48. The molecule has 6 heteroatoms. The first-order chi connectivity index (χ1) is 7.77. The lowest BCUT2D eigenvalue weighted by Gasteiger charge is -2.04. The van der Waals surface area contributed by atoms with Gasteiger partial charge in [-0.05, 0) is 6.07 Å². The second-order valence-electron chi connectivity index (χ2n) is 3.16. The van der Waals surface area contributed by atoms with Crippen molar-refractivity contribution in [1.29, 1.82) is 0 Å². The van der Waals surface area contributed by atoms with Gasteiger partial charge in [0, 0.05) is 12.1 Å². The number of hydrogen-bond donors (Lipinski definition) is 1. The van der Waals surface area contributed by atoms with Gasteiger partial charge in [-0.25, -0.2) is 4.39 Å². The van der Waals surface area contributed by atoms with Gasteiger partial charge in [0.1, 0.15) is 5.82 Å². The normalized spacial score (nSPS) is 10.6. The molecule has 1 aromatic carbocycles. The first-order valence-corrected chi connectivity index (χ1v) is 5.04. The van der Waals surface area contributed by atoms with Crippen LogP contribution >= 0.6 is 11.6 Å². The van der Waals surface area contributed by atoms with Crippen molar-refractivity contribution in [2.24, 2.45) is 0 Å². The summed E-state index contributed by atoms with van der Waals surface area (Å²) in [6.07, 6.45) is 1.25. The minimum absolute atomic E-state index is 0.124. The van der Waals surface area contributed by atoms with Gasteiger partial charge in [0.15, 0.2) is 5.82 Å². The van der Waals surface area contributed by atoms with E-state index in [4.69, 9.17) is 11.6 Å². The summed E-state index contributed by atoms with van der Waals surface area (Å²) in [5.74, 6) is 0.132. The van der Waals surface area contributed by atoms with Gasteiger partial charge in [0.05, 0.1) is 11.6 Å². The molecule has 84 valence electrons. The molecule has 0 fully saturated rings. The van der Waals surface area contributed by atoms with Gasteiger partial charge in [-0.2, -0.15) is 4.98 Å². The number of halogens is 2. The molecular weight excluding hydrogens is 233 g/mol. The van der Waals surface area contributed by atoms with Crippen molar-refractivity contribution in [2.45, 2.75) is 13.1 Å². The highest BCUT2D eigenvalue weighted by molar-refractivity contribution is 6.30. The van der Waals surface area contributed by atoms with E-state index in [2.05, 4.69) is 20.0 Å². The van der Waals surface area contributed by atoms with Crippen LogP contribution in [0.2, 0.25) is 5.02 Å². The number of nitrogens with one attached hydrogen (secondary N) is 1. The Bertz CT molecular complexity index is 461. The lowest BCUT2D eigenvalue weighted by Crippen LogP contribution is -2.14. The summed E-state index contributed by atoms with van der Waals surface area (Å²) >= 11 is 5.65. The van der Waals surface area contributed by atoms with Gasteiger partial charge >= 0.3 is 0 Å². The van der Waals surface area contributed by atoms with Crippen molar-refractivity contribution in [2.75, 3.05) is 0 Å². The van der Waals surface area contributed by atoms with E-state index >= 15 is 0 Å². The smallest absolute Gasteiger partial charge is 0.213 e. The maximum absolute atomic E-state index is 13.4. The fourth-order valence-electron chi connectivity index (χ4n) is 1.26. The van der Waals surface area contributed by atoms with Crippen molar-refractivity contribution >= 4 is 11.6 Å². The number of nitrogens with zero attached hydrogens (tertiary/aromatic N) is 2. The van der Waals surface area contributed by atoms with Crippen LogP contribution in [-0.4, -0.2) is 10.1 Å². The quantitative estimate of drug-likeness (QED) is 0.891. The molecule has 0 aliphatic carbocycles. The van der Waals surface area contributed by atoms with Crippen LogP contribution < -0.4 is 5.32 Å². The molecule has 0 atom stereocenters. The third-order valence-electron chi connectivity index (χ3n) is 2.04. The summed E-state index contributed by atoms with van der Waals surface area (Å²) in [6, 6.07) is 4.89. The zero-order valence-corrected chi connectivity index (χ0v) is 9.04. The Balaban J connectivity index is 1.92. The number of hydrogen-bond acceptors (Lipinski definition) is 4. The van der Waals surface area contributed by atoms with Crippen LogP contribution in [0.1, 0.15) is 11.4 Å². The SMILES string of the molecule is Fc1c(Cl)cccc1CNCc1ncon1. The van der Waals surface area contributed by atoms with Gasteiger partial charge in [-0.3, -0.25) is 0 Å². The Morgan fingerprint density at radius 2 is 2.25 bits per heavy atom. The molecule has 2 aromatic rings. The molecule has 0 saturated heterocycles. The third kappa shape index (κ3) is 2.56. The number of benzene rings is 1. The molecular formula is C10H9ClFN3O. The van der Waals surface area contributed by atoms with E-state index in [1.807, 2.05) is 0 Å². The molecule has 0 spiro atoms. The third-order valence-corrected chi connectivity index (χ3v) is 2.33. The zero-order valence-electron chi connectivity index (χ0n) is 8.28. The topological polar surface area (TPSA) is 51.0 Å². The van der Waals surface area contributed by atoms with Crippen molar-refractivity contribution in [3.8, 4) is 0 Å². The highest BCUT2D eigenvalue weighted by atomic mass is 35.5. The van der Waals surface area contributed by atoms with Crippen LogP contribution in [0.15, 0.2) is 29.1 Å². The van der Waals surface area contributed by atoms with Crippen molar-refractivity contribution in [3.63, 3.8) is 0 Å². The fourth-order valence-corrected chi connectivity index (χ4v) is 1.46. The molecule has 0 amide bonds. The van der Waals surface area contributed by atoms with Gasteiger partial charge in [-0.15, -0.1) is 0 Å². The summed E-state index contributed by atoms with van der Waals surface area (Å²) in [5, 5.41) is 6.73. The van der Waals surface area contributed by atoms with Crippen LogP contribution in [-0.2, 0) is 13.1 Å². The second kappa shape index (κ2) is 5.05. The zero-order chi connectivity index (χ0) is 11.4. The Hall–Kier alpha value is -1.46. The Labute approximate surface area is 96.4 Å². The maximum atomic E-state index is 13.4. The van der Waals surface area contributed by atoms with E-state index in [0.29, 0.717) is 24.5 Å². The van der Waals surface area contributed by atoms with Crippen LogP contribution in [0.3, 0.4) is 0 Å². The fraction of sp³-hybridized carbons (Fsp3) is 0.200. The predicted molar refractivity (Wildman–Crippen MR) is 56.3 cm³/mol. The summed E-state index contributed by atoms with van der Waals surface area (Å²) < 4.78 is 18.0. The summed E-state index contributed by atoms with van der Waals surface area (Å²) in [6.45, 7) is 0.781. The molecule has 0 bridgehead atoms. The minimum Gasteiger partial charge on any atom is -0.343 e. The minimum atomic E-state index is -0.398. The average Bonchev–Trinajstić information content (AvgIpc) is 2.77. The van der Waals surface area contributed by atoms with Crippen molar-refractivity contribution < 1.29 is 8.91 Å². The van der Waals surface area contributed by atoms with E-state index in [-0.39, 0.29) is 5.02 Å². The van der Waals surface area contributed by atoms with Gasteiger partial charge < -0.3 is 9.84 Å². The van der Waals surface area contributed by atoms with Crippen LogP contribution in [0.4, 0.5) is 4.39 Å². The lowest BCUT2D eigenvalue weighted by molar-refractivity contribution is 0.407. The van der Waals surface area contributed by atoms with Gasteiger partial charge in [0.2, 0.25) is 6.39 Å². The second-order valence-corrected chi connectivity index (χ2v) is 3.57. The van der Waals surface area contributed by atoms with Crippen LogP contribution in [0, 0.1) is 5.82 Å².